The van der Waals surface area contributed by atoms with Gasteiger partial charge in [0.2, 0.25) is 0 Å². The molecular formula is C14H21NO2. The van der Waals surface area contributed by atoms with Crippen LogP contribution < -0.4 is 0 Å². The summed E-state index contributed by atoms with van der Waals surface area (Å²) in [6.07, 6.45) is 0.622. The highest BCUT2D eigenvalue weighted by atomic mass is 16.4. The zero-order valence-electron chi connectivity index (χ0n) is 11.0. The molecule has 0 bridgehead atoms. The maximum atomic E-state index is 11.0. The second kappa shape index (κ2) is 5.82. The van der Waals surface area contributed by atoms with E-state index in [4.69, 9.17) is 5.11 Å². The number of rotatable bonds is 5. The number of aliphatic carboxylic acids is 1. The van der Waals surface area contributed by atoms with Crippen LogP contribution in [-0.4, -0.2) is 29.1 Å². The first-order valence-electron chi connectivity index (χ1n) is 5.94. The molecule has 0 amide bonds. The van der Waals surface area contributed by atoms with Gasteiger partial charge in [-0.15, -0.1) is 0 Å². The van der Waals surface area contributed by atoms with Crippen molar-refractivity contribution >= 4 is 5.97 Å². The molecule has 0 aromatic heterocycles. The second-order valence-corrected chi connectivity index (χ2v) is 4.60. The molecule has 0 radical (unpaired) electrons. The molecule has 0 aliphatic carbocycles. The van der Waals surface area contributed by atoms with E-state index in [1.807, 2.05) is 18.9 Å². The average Bonchev–Trinajstić information content (AvgIpc) is 2.24. The van der Waals surface area contributed by atoms with Gasteiger partial charge in [0.05, 0.1) is 0 Å². The molecule has 0 fully saturated rings. The monoisotopic (exact) mass is 235 g/mol. The summed E-state index contributed by atoms with van der Waals surface area (Å²) in [4.78, 5) is 12.9. The molecule has 17 heavy (non-hydrogen) atoms. The van der Waals surface area contributed by atoms with Gasteiger partial charge in [-0.2, -0.15) is 0 Å². The summed E-state index contributed by atoms with van der Waals surface area (Å²) in [5.41, 5.74) is 3.68. The summed E-state index contributed by atoms with van der Waals surface area (Å²) in [5.74, 6) is -0.751. The Balaban J connectivity index is 2.76. The van der Waals surface area contributed by atoms with Gasteiger partial charge in [0.15, 0.2) is 0 Å². The third-order valence-corrected chi connectivity index (χ3v) is 3.21. The Bertz CT molecular complexity index is 401. The largest absolute Gasteiger partial charge is 0.480 e. The van der Waals surface area contributed by atoms with E-state index < -0.39 is 12.0 Å². The molecule has 94 valence electrons. The zero-order chi connectivity index (χ0) is 13.0. The number of nitrogens with zero attached hydrogens (tertiary/aromatic N) is 1. The SMILES string of the molecule is CCC(C(=O)O)N(C)Cc1ccc(C)c(C)c1. The number of hydrogen-bond acceptors (Lipinski definition) is 2. The van der Waals surface area contributed by atoms with Gasteiger partial charge in [-0.05, 0) is 44.0 Å². The Morgan fingerprint density at radius 2 is 2.00 bits per heavy atom. The summed E-state index contributed by atoms with van der Waals surface area (Å²) in [6.45, 7) is 6.73. The molecule has 1 aromatic carbocycles. The van der Waals surface area contributed by atoms with Gasteiger partial charge in [-0.1, -0.05) is 25.1 Å². The van der Waals surface area contributed by atoms with Crippen molar-refractivity contribution in [3.8, 4) is 0 Å². The summed E-state index contributed by atoms with van der Waals surface area (Å²) >= 11 is 0. The van der Waals surface area contributed by atoms with Gasteiger partial charge in [-0.3, -0.25) is 9.69 Å². The molecule has 3 heteroatoms. The predicted octanol–water partition coefficient (Wildman–Crippen LogP) is 2.60. The highest BCUT2D eigenvalue weighted by Crippen LogP contribution is 2.13. The number of benzene rings is 1. The van der Waals surface area contributed by atoms with Gasteiger partial charge >= 0.3 is 5.97 Å². The van der Waals surface area contributed by atoms with Crippen LogP contribution >= 0.6 is 0 Å². The molecule has 0 saturated carbocycles. The minimum Gasteiger partial charge on any atom is -0.480 e. The molecule has 3 nitrogen and oxygen atoms in total. The minimum absolute atomic E-state index is 0.406. The van der Waals surface area contributed by atoms with Gasteiger partial charge < -0.3 is 5.11 Å². The van der Waals surface area contributed by atoms with Crippen LogP contribution in [0, 0.1) is 13.8 Å². The van der Waals surface area contributed by atoms with Crippen LogP contribution in [0.15, 0.2) is 18.2 Å². The van der Waals surface area contributed by atoms with Crippen molar-refractivity contribution in [1.29, 1.82) is 0 Å². The van der Waals surface area contributed by atoms with Crippen molar-refractivity contribution in [3.63, 3.8) is 0 Å². The average molecular weight is 235 g/mol. The molecule has 0 aliphatic heterocycles. The molecular weight excluding hydrogens is 214 g/mol. The van der Waals surface area contributed by atoms with Gasteiger partial charge in [0.25, 0.3) is 0 Å². The lowest BCUT2D eigenvalue weighted by Gasteiger charge is -2.23. The number of hydrogen-bond donors (Lipinski definition) is 1. The molecule has 0 spiro atoms. The lowest BCUT2D eigenvalue weighted by Crippen LogP contribution is -2.37. The van der Waals surface area contributed by atoms with Crippen LogP contribution in [0.2, 0.25) is 0 Å². The highest BCUT2D eigenvalue weighted by Gasteiger charge is 2.20. The summed E-state index contributed by atoms with van der Waals surface area (Å²) in [5, 5.41) is 9.08. The van der Waals surface area contributed by atoms with Gasteiger partial charge in [0, 0.05) is 6.54 Å². The lowest BCUT2D eigenvalue weighted by atomic mass is 10.1. The first kappa shape index (κ1) is 13.7. The topological polar surface area (TPSA) is 40.5 Å². The number of carboxylic acids is 1. The fraction of sp³-hybridized carbons (Fsp3) is 0.500. The molecule has 1 N–H and O–H groups in total. The summed E-state index contributed by atoms with van der Waals surface area (Å²) in [6, 6.07) is 5.87. The third kappa shape index (κ3) is 3.56. The first-order chi connectivity index (χ1) is 7.95. The highest BCUT2D eigenvalue weighted by molar-refractivity contribution is 5.73. The second-order valence-electron chi connectivity index (χ2n) is 4.60. The van der Waals surface area contributed by atoms with Crippen molar-refractivity contribution in [1.82, 2.24) is 4.90 Å². The van der Waals surface area contributed by atoms with Crippen molar-refractivity contribution in [2.45, 2.75) is 39.8 Å². The van der Waals surface area contributed by atoms with Crippen LogP contribution in [0.5, 0.6) is 0 Å². The van der Waals surface area contributed by atoms with E-state index in [0.717, 1.165) is 5.56 Å². The maximum absolute atomic E-state index is 11.0. The quantitative estimate of drug-likeness (QED) is 0.852. The maximum Gasteiger partial charge on any atom is 0.320 e. The first-order valence-corrected chi connectivity index (χ1v) is 5.94. The van der Waals surface area contributed by atoms with Gasteiger partial charge in [0.1, 0.15) is 6.04 Å². The normalized spacial score (nSPS) is 12.8. The minimum atomic E-state index is -0.751. The molecule has 0 saturated heterocycles. The number of likely N-dealkylation sites (N-methyl/N-ethyl adjacent to an activating group) is 1. The van der Waals surface area contributed by atoms with E-state index in [1.54, 1.807) is 0 Å². The van der Waals surface area contributed by atoms with E-state index in [-0.39, 0.29) is 0 Å². The summed E-state index contributed by atoms with van der Waals surface area (Å²) in [7, 11) is 1.86. The van der Waals surface area contributed by atoms with Crippen molar-refractivity contribution in [3.05, 3.63) is 34.9 Å². The Kier molecular flexibility index (Phi) is 4.70. The molecule has 1 atom stereocenters. The van der Waals surface area contributed by atoms with Gasteiger partial charge in [-0.25, -0.2) is 0 Å². The van der Waals surface area contributed by atoms with Crippen LogP contribution in [0.1, 0.15) is 30.0 Å². The Morgan fingerprint density at radius 1 is 1.35 bits per heavy atom. The van der Waals surface area contributed by atoms with Crippen LogP contribution in [0.4, 0.5) is 0 Å². The number of carboxylic acid groups (broad SMARTS) is 1. The lowest BCUT2D eigenvalue weighted by molar-refractivity contribution is -0.143. The Morgan fingerprint density at radius 3 is 2.47 bits per heavy atom. The third-order valence-electron chi connectivity index (χ3n) is 3.21. The van der Waals surface area contributed by atoms with E-state index >= 15 is 0 Å². The zero-order valence-corrected chi connectivity index (χ0v) is 11.0. The Labute approximate surface area is 103 Å². The number of aryl methyl sites for hydroxylation is 2. The number of carbonyl (C=O) groups is 1. The van der Waals surface area contributed by atoms with E-state index in [1.165, 1.54) is 11.1 Å². The molecule has 0 heterocycles. The Hall–Kier alpha value is -1.35. The van der Waals surface area contributed by atoms with Crippen molar-refractivity contribution in [2.24, 2.45) is 0 Å². The molecule has 1 rings (SSSR count). The standard InChI is InChI=1S/C14H21NO2/c1-5-13(14(16)17)15(4)9-12-7-6-10(2)11(3)8-12/h6-8,13H,5,9H2,1-4H3,(H,16,17). The molecule has 1 unspecified atom stereocenters. The summed E-state index contributed by atoms with van der Waals surface area (Å²) < 4.78 is 0. The molecule has 1 aromatic rings. The fourth-order valence-electron chi connectivity index (χ4n) is 1.97. The fourth-order valence-corrected chi connectivity index (χ4v) is 1.97. The predicted molar refractivity (Wildman–Crippen MR) is 69.1 cm³/mol. The van der Waals surface area contributed by atoms with Crippen LogP contribution in [0.25, 0.3) is 0 Å². The van der Waals surface area contributed by atoms with Crippen LogP contribution in [-0.2, 0) is 11.3 Å². The van der Waals surface area contributed by atoms with E-state index in [0.29, 0.717) is 13.0 Å². The van der Waals surface area contributed by atoms with Crippen molar-refractivity contribution < 1.29 is 9.90 Å². The molecule has 0 aliphatic rings. The van der Waals surface area contributed by atoms with E-state index in [9.17, 15) is 4.79 Å². The van der Waals surface area contributed by atoms with Crippen molar-refractivity contribution in [2.75, 3.05) is 7.05 Å². The smallest absolute Gasteiger partial charge is 0.320 e. The van der Waals surface area contributed by atoms with Crippen LogP contribution in [0.3, 0.4) is 0 Å². The van der Waals surface area contributed by atoms with E-state index in [2.05, 4.69) is 32.0 Å².